The van der Waals surface area contributed by atoms with Gasteiger partial charge in [0.1, 0.15) is 0 Å². The third kappa shape index (κ3) is 2.98. The van der Waals surface area contributed by atoms with Gasteiger partial charge in [0.25, 0.3) is 5.91 Å². The molecule has 3 N–H and O–H groups in total. The van der Waals surface area contributed by atoms with Crippen LogP contribution in [0.15, 0.2) is 4.63 Å². The number of nitrogens with two attached hydrogens (primary N) is 1. The maximum absolute atomic E-state index is 11.7. The molecule has 0 aliphatic carbocycles. The summed E-state index contributed by atoms with van der Waals surface area (Å²) in [5, 5.41) is 9.68. The molecular formula is C11H19N5O2. The van der Waals surface area contributed by atoms with Gasteiger partial charge in [0.05, 0.1) is 0 Å². The summed E-state index contributed by atoms with van der Waals surface area (Å²) < 4.78 is 4.39. The summed E-state index contributed by atoms with van der Waals surface area (Å²) in [6.45, 7) is 6.13. The first-order valence-corrected chi connectivity index (χ1v) is 6.29. The number of aromatic nitrogens is 2. The summed E-state index contributed by atoms with van der Waals surface area (Å²) in [4.78, 5) is 14.1. The van der Waals surface area contributed by atoms with Gasteiger partial charge < -0.3 is 16.0 Å². The maximum Gasteiger partial charge on any atom is 0.277 e. The number of piperidine rings is 1. The van der Waals surface area contributed by atoms with Gasteiger partial charge in [-0.25, -0.2) is 4.63 Å². The molecule has 1 fully saturated rings. The van der Waals surface area contributed by atoms with Crippen LogP contribution in [0.5, 0.6) is 0 Å². The minimum absolute atomic E-state index is 0.0355. The van der Waals surface area contributed by atoms with Crippen LogP contribution in [0, 0.1) is 5.92 Å². The highest BCUT2D eigenvalue weighted by molar-refractivity contribution is 5.95. The van der Waals surface area contributed by atoms with Crippen molar-refractivity contribution in [2.45, 2.75) is 19.8 Å². The van der Waals surface area contributed by atoms with Gasteiger partial charge in [-0.15, -0.1) is 0 Å². The number of carbonyl (C=O) groups is 1. The number of nitrogen functional groups attached to an aromatic ring is 1. The summed E-state index contributed by atoms with van der Waals surface area (Å²) in [5.41, 5.74) is 5.52. The van der Waals surface area contributed by atoms with Gasteiger partial charge in [-0.3, -0.25) is 4.79 Å². The van der Waals surface area contributed by atoms with E-state index < -0.39 is 0 Å². The average molecular weight is 253 g/mol. The van der Waals surface area contributed by atoms with Crippen molar-refractivity contribution >= 4 is 11.7 Å². The van der Waals surface area contributed by atoms with Gasteiger partial charge in [-0.2, -0.15) is 0 Å². The predicted octanol–water partition coefficient (Wildman–Crippen LogP) is 0.114. The first kappa shape index (κ1) is 12.8. The molecule has 1 aromatic rings. The highest BCUT2D eigenvalue weighted by Gasteiger charge is 2.20. The van der Waals surface area contributed by atoms with E-state index in [1.807, 2.05) is 0 Å². The molecule has 1 amide bonds. The zero-order valence-corrected chi connectivity index (χ0v) is 10.6. The fourth-order valence-electron chi connectivity index (χ4n) is 2.18. The second-order valence-electron chi connectivity index (χ2n) is 4.59. The van der Waals surface area contributed by atoms with Crippen LogP contribution in [0.3, 0.4) is 0 Å². The molecule has 0 atom stereocenters. The number of nitrogens with zero attached hydrogens (tertiary/aromatic N) is 3. The van der Waals surface area contributed by atoms with Crippen LogP contribution < -0.4 is 11.1 Å². The molecular weight excluding hydrogens is 234 g/mol. The summed E-state index contributed by atoms with van der Waals surface area (Å²) >= 11 is 0. The minimum atomic E-state index is -0.313. The van der Waals surface area contributed by atoms with E-state index in [9.17, 15) is 4.79 Å². The van der Waals surface area contributed by atoms with E-state index in [1.54, 1.807) is 0 Å². The molecule has 7 heteroatoms. The number of hydrogen-bond donors (Lipinski definition) is 2. The van der Waals surface area contributed by atoms with Crippen LogP contribution >= 0.6 is 0 Å². The van der Waals surface area contributed by atoms with Gasteiger partial charge in [-0.05, 0) is 48.7 Å². The molecule has 18 heavy (non-hydrogen) atoms. The second kappa shape index (κ2) is 5.81. The SMILES string of the molecule is CCN1CCC(CNC(=O)c2nonc2N)CC1. The smallest absolute Gasteiger partial charge is 0.277 e. The average Bonchev–Trinajstić information content (AvgIpc) is 2.83. The first-order chi connectivity index (χ1) is 8.70. The van der Waals surface area contributed by atoms with Crippen molar-refractivity contribution in [1.82, 2.24) is 20.5 Å². The van der Waals surface area contributed by atoms with Crippen molar-refractivity contribution in [2.24, 2.45) is 5.92 Å². The van der Waals surface area contributed by atoms with E-state index in [1.165, 1.54) is 0 Å². The Balaban J connectivity index is 1.76. The first-order valence-electron chi connectivity index (χ1n) is 6.29. The molecule has 0 saturated carbocycles. The topological polar surface area (TPSA) is 97.3 Å². The molecule has 0 unspecified atom stereocenters. The predicted molar refractivity (Wildman–Crippen MR) is 65.9 cm³/mol. The number of hydrogen-bond acceptors (Lipinski definition) is 6. The lowest BCUT2D eigenvalue weighted by atomic mass is 9.97. The molecule has 0 radical (unpaired) electrons. The van der Waals surface area contributed by atoms with E-state index in [0.29, 0.717) is 12.5 Å². The zero-order chi connectivity index (χ0) is 13.0. The lowest BCUT2D eigenvalue weighted by Gasteiger charge is -2.30. The third-order valence-corrected chi connectivity index (χ3v) is 3.43. The number of amides is 1. The molecule has 7 nitrogen and oxygen atoms in total. The zero-order valence-electron chi connectivity index (χ0n) is 10.6. The molecule has 1 aliphatic rings. The summed E-state index contributed by atoms with van der Waals surface area (Å²) in [7, 11) is 0. The maximum atomic E-state index is 11.7. The van der Waals surface area contributed by atoms with Crippen LogP contribution in [0.25, 0.3) is 0 Å². The Morgan fingerprint density at radius 2 is 2.22 bits per heavy atom. The van der Waals surface area contributed by atoms with E-state index in [0.717, 1.165) is 32.5 Å². The second-order valence-corrected chi connectivity index (χ2v) is 4.59. The Bertz CT molecular complexity index is 398. The van der Waals surface area contributed by atoms with E-state index in [4.69, 9.17) is 5.73 Å². The Labute approximate surface area is 106 Å². The summed E-state index contributed by atoms with van der Waals surface area (Å²) in [6, 6.07) is 0. The van der Waals surface area contributed by atoms with E-state index in [-0.39, 0.29) is 17.4 Å². The highest BCUT2D eigenvalue weighted by atomic mass is 16.6. The molecule has 1 saturated heterocycles. The van der Waals surface area contributed by atoms with Crippen molar-refractivity contribution in [3.8, 4) is 0 Å². The van der Waals surface area contributed by atoms with Crippen molar-refractivity contribution < 1.29 is 9.42 Å². The van der Waals surface area contributed by atoms with Gasteiger partial charge in [0, 0.05) is 6.54 Å². The monoisotopic (exact) mass is 253 g/mol. The number of rotatable bonds is 4. The number of nitrogens with one attached hydrogen (secondary N) is 1. The van der Waals surface area contributed by atoms with Gasteiger partial charge in [-0.1, -0.05) is 6.92 Å². The van der Waals surface area contributed by atoms with Crippen molar-refractivity contribution in [2.75, 3.05) is 31.9 Å². The largest absolute Gasteiger partial charge is 0.379 e. The molecule has 0 spiro atoms. The molecule has 100 valence electrons. The van der Waals surface area contributed by atoms with Gasteiger partial charge in [0.15, 0.2) is 0 Å². The number of carbonyl (C=O) groups excluding carboxylic acids is 1. The van der Waals surface area contributed by atoms with Crippen molar-refractivity contribution in [1.29, 1.82) is 0 Å². The van der Waals surface area contributed by atoms with E-state index in [2.05, 4.69) is 32.1 Å². The van der Waals surface area contributed by atoms with Crippen LogP contribution in [0.2, 0.25) is 0 Å². The number of anilines is 1. The van der Waals surface area contributed by atoms with Crippen molar-refractivity contribution in [3.05, 3.63) is 5.69 Å². The normalized spacial score (nSPS) is 17.8. The lowest BCUT2D eigenvalue weighted by Crippen LogP contribution is -2.38. The quantitative estimate of drug-likeness (QED) is 0.790. The Kier molecular flexibility index (Phi) is 4.14. The highest BCUT2D eigenvalue weighted by Crippen LogP contribution is 2.16. The van der Waals surface area contributed by atoms with Crippen LogP contribution in [0.4, 0.5) is 5.82 Å². The summed E-state index contributed by atoms with van der Waals surface area (Å²) in [6.07, 6.45) is 2.22. The standard InChI is InChI=1S/C11H19N5O2/c1-2-16-5-3-8(4-6-16)7-13-11(17)9-10(12)15-18-14-9/h8H,2-7H2,1H3,(H2,12,15)(H,13,17). The van der Waals surface area contributed by atoms with Gasteiger partial charge >= 0.3 is 0 Å². The Morgan fingerprint density at radius 3 is 2.78 bits per heavy atom. The van der Waals surface area contributed by atoms with Crippen LogP contribution in [-0.2, 0) is 0 Å². The van der Waals surface area contributed by atoms with Crippen LogP contribution in [-0.4, -0.2) is 47.3 Å². The Morgan fingerprint density at radius 1 is 1.50 bits per heavy atom. The molecule has 1 aromatic heterocycles. The summed E-state index contributed by atoms with van der Waals surface area (Å²) in [5.74, 6) is 0.248. The fourth-order valence-corrected chi connectivity index (χ4v) is 2.18. The fraction of sp³-hybridized carbons (Fsp3) is 0.727. The number of likely N-dealkylation sites (tertiary alicyclic amines) is 1. The van der Waals surface area contributed by atoms with Crippen LogP contribution in [0.1, 0.15) is 30.3 Å². The van der Waals surface area contributed by atoms with E-state index >= 15 is 0 Å². The lowest BCUT2D eigenvalue weighted by molar-refractivity contribution is 0.0927. The molecule has 2 heterocycles. The molecule has 2 rings (SSSR count). The molecule has 1 aliphatic heterocycles. The molecule has 0 bridgehead atoms. The Hall–Kier alpha value is -1.63. The third-order valence-electron chi connectivity index (χ3n) is 3.43. The van der Waals surface area contributed by atoms with Gasteiger partial charge in [0.2, 0.25) is 11.5 Å². The van der Waals surface area contributed by atoms with Crippen molar-refractivity contribution in [3.63, 3.8) is 0 Å². The molecule has 0 aromatic carbocycles. The minimum Gasteiger partial charge on any atom is -0.379 e.